The molecule has 19 heavy (non-hydrogen) atoms. The molecule has 1 atom stereocenters. The zero-order valence-corrected chi connectivity index (χ0v) is 12.0. The zero-order chi connectivity index (χ0) is 13.5. The molecule has 2 heteroatoms. The molecule has 0 aliphatic carbocycles. The van der Waals surface area contributed by atoms with Crippen molar-refractivity contribution in [2.24, 2.45) is 5.92 Å². The largest absolute Gasteiger partial charge is 0.542 e. The average Bonchev–Trinajstić information content (AvgIpc) is 2.49. The molecule has 0 aliphatic heterocycles. The highest BCUT2D eigenvalue weighted by Crippen LogP contribution is 2.34. The van der Waals surface area contributed by atoms with Crippen LogP contribution in [-0.4, -0.2) is 12.4 Å². The van der Waals surface area contributed by atoms with Crippen molar-refractivity contribution in [1.82, 2.24) is 0 Å². The minimum Gasteiger partial charge on any atom is -0.542 e. The maximum atomic E-state index is 10.7. The Labute approximate surface area is 116 Å². The Morgan fingerprint density at radius 1 is 0.947 bits per heavy atom. The summed E-state index contributed by atoms with van der Waals surface area (Å²) >= 11 is 0. The van der Waals surface area contributed by atoms with Crippen LogP contribution in [0.1, 0.15) is 13.3 Å². The van der Waals surface area contributed by atoms with Crippen molar-refractivity contribution < 1.29 is 4.79 Å². The summed E-state index contributed by atoms with van der Waals surface area (Å²) in [5.41, 5.74) is 0. The van der Waals surface area contributed by atoms with Crippen LogP contribution in [-0.2, 0) is 4.79 Å². The molecule has 98 valence electrons. The van der Waals surface area contributed by atoms with Gasteiger partial charge >= 0.3 is 0 Å². The predicted octanol–water partition coefficient (Wildman–Crippen LogP) is 3.26. The zero-order valence-electron chi connectivity index (χ0n) is 11.1. The van der Waals surface area contributed by atoms with Crippen molar-refractivity contribution in [3.63, 3.8) is 0 Å². The SMILES string of the molecule is CC([C-]=O)CCP(c1ccccc1)c1ccccc1. The lowest BCUT2D eigenvalue weighted by molar-refractivity contribution is 0.526. The van der Waals surface area contributed by atoms with Crippen molar-refractivity contribution in [1.29, 1.82) is 0 Å². The fraction of sp³-hybridized carbons (Fsp3) is 0.235. The summed E-state index contributed by atoms with van der Waals surface area (Å²) < 4.78 is 0. The average molecular weight is 269 g/mol. The molecule has 1 unspecified atom stereocenters. The molecule has 0 N–H and O–H groups in total. The molecule has 0 aliphatic rings. The smallest absolute Gasteiger partial charge is 0.0195 e. The lowest BCUT2D eigenvalue weighted by Crippen LogP contribution is -2.15. The number of hydrogen-bond donors (Lipinski definition) is 0. The minimum atomic E-state index is -0.368. The number of rotatable bonds is 6. The summed E-state index contributed by atoms with van der Waals surface area (Å²) in [7, 11) is -0.368. The Kier molecular flexibility index (Phi) is 5.30. The molecule has 0 saturated heterocycles. The Hall–Kier alpha value is -1.46. The van der Waals surface area contributed by atoms with E-state index in [4.69, 9.17) is 0 Å². The fourth-order valence-corrected chi connectivity index (χ4v) is 4.53. The first kappa shape index (κ1) is 14.0. The summed E-state index contributed by atoms with van der Waals surface area (Å²) in [6.07, 6.45) is 4.03. The second kappa shape index (κ2) is 7.21. The Morgan fingerprint density at radius 2 is 1.42 bits per heavy atom. The van der Waals surface area contributed by atoms with Gasteiger partial charge in [-0.15, -0.1) is 5.92 Å². The van der Waals surface area contributed by atoms with Gasteiger partial charge in [-0.1, -0.05) is 74.0 Å². The molecule has 0 aromatic heterocycles. The van der Waals surface area contributed by atoms with Crippen LogP contribution in [0, 0.1) is 5.92 Å². The van der Waals surface area contributed by atoms with Crippen LogP contribution in [0.4, 0.5) is 0 Å². The van der Waals surface area contributed by atoms with Crippen molar-refractivity contribution in [2.45, 2.75) is 13.3 Å². The first-order valence-corrected chi connectivity index (χ1v) is 8.09. The van der Waals surface area contributed by atoms with Crippen LogP contribution in [0.25, 0.3) is 0 Å². The molecular weight excluding hydrogens is 251 g/mol. The van der Waals surface area contributed by atoms with E-state index in [1.165, 1.54) is 10.6 Å². The highest BCUT2D eigenvalue weighted by Gasteiger charge is 2.12. The van der Waals surface area contributed by atoms with Gasteiger partial charge < -0.3 is 4.79 Å². The van der Waals surface area contributed by atoms with Crippen LogP contribution in [0.5, 0.6) is 0 Å². The Morgan fingerprint density at radius 3 is 1.84 bits per heavy atom. The van der Waals surface area contributed by atoms with E-state index in [2.05, 4.69) is 54.8 Å². The molecule has 2 rings (SSSR count). The first-order chi connectivity index (χ1) is 9.31. The minimum absolute atomic E-state index is 0.0254. The van der Waals surface area contributed by atoms with Gasteiger partial charge in [0.15, 0.2) is 0 Å². The van der Waals surface area contributed by atoms with Gasteiger partial charge in [-0.25, -0.2) is 0 Å². The molecule has 0 saturated carbocycles. The predicted molar refractivity (Wildman–Crippen MR) is 83.4 cm³/mol. The van der Waals surface area contributed by atoms with Crippen molar-refractivity contribution in [3.05, 3.63) is 60.7 Å². The van der Waals surface area contributed by atoms with E-state index >= 15 is 0 Å². The Balaban J connectivity index is 2.21. The molecular formula is C17H18OP-. The lowest BCUT2D eigenvalue weighted by Gasteiger charge is -2.21. The highest BCUT2D eigenvalue weighted by molar-refractivity contribution is 7.73. The van der Waals surface area contributed by atoms with Crippen LogP contribution < -0.4 is 10.6 Å². The van der Waals surface area contributed by atoms with E-state index in [-0.39, 0.29) is 13.8 Å². The van der Waals surface area contributed by atoms with Gasteiger partial charge in [0.05, 0.1) is 0 Å². The van der Waals surface area contributed by atoms with Crippen LogP contribution >= 0.6 is 7.92 Å². The normalized spacial score (nSPS) is 12.3. The summed E-state index contributed by atoms with van der Waals surface area (Å²) in [5.74, 6) is 0.0254. The van der Waals surface area contributed by atoms with Crippen molar-refractivity contribution in [3.8, 4) is 0 Å². The second-order valence-electron chi connectivity index (χ2n) is 4.63. The lowest BCUT2D eigenvalue weighted by atomic mass is 10.1. The van der Waals surface area contributed by atoms with E-state index < -0.39 is 0 Å². The van der Waals surface area contributed by atoms with E-state index in [1.807, 2.05) is 19.1 Å². The number of benzene rings is 2. The summed E-state index contributed by atoms with van der Waals surface area (Å²) in [4.78, 5) is 10.7. The molecule has 0 spiro atoms. The molecule has 0 heterocycles. The van der Waals surface area contributed by atoms with E-state index in [0.29, 0.717) is 0 Å². The second-order valence-corrected chi connectivity index (χ2v) is 6.97. The van der Waals surface area contributed by atoms with Gasteiger partial charge in [0.1, 0.15) is 0 Å². The van der Waals surface area contributed by atoms with Gasteiger partial charge in [-0.2, -0.15) is 0 Å². The highest BCUT2D eigenvalue weighted by atomic mass is 31.1. The third-order valence-electron chi connectivity index (χ3n) is 3.12. The molecule has 2 aromatic carbocycles. The third kappa shape index (κ3) is 4.01. The maximum Gasteiger partial charge on any atom is -0.0195 e. The summed E-state index contributed by atoms with van der Waals surface area (Å²) in [6.45, 7) is 1.94. The summed E-state index contributed by atoms with van der Waals surface area (Å²) in [5, 5.41) is 2.75. The quantitative estimate of drug-likeness (QED) is 0.581. The standard InChI is InChI=1S/C17H18OP/c1-15(14-18)12-13-19(16-8-4-2-5-9-16)17-10-6-3-7-11-17/h2-11,15H,12-13H2,1H3/q-1. The molecule has 0 amide bonds. The fourth-order valence-electron chi connectivity index (χ4n) is 2.00. The monoisotopic (exact) mass is 269 g/mol. The molecule has 0 fully saturated rings. The van der Waals surface area contributed by atoms with E-state index in [1.54, 1.807) is 0 Å². The topological polar surface area (TPSA) is 17.1 Å². The Bertz CT molecular complexity index is 456. The van der Waals surface area contributed by atoms with Gasteiger partial charge in [-0.05, 0) is 24.7 Å². The molecule has 1 nitrogen and oxygen atoms in total. The molecule has 0 bridgehead atoms. The summed E-state index contributed by atoms with van der Waals surface area (Å²) in [6, 6.07) is 21.2. The van der Waals surface area contributed by atoms with Crippen LogP contribution in [0.3, 0.4) is 0 Å². The maximum absolute atomic E-state index is 10.7. The van der Waals surface area contributed by atoms with Gasteiger partial charge in [0.2, 0.25) is 0 Å². The molecule has 2 aromatic rings. The third-order valence-corrected chi connectivity index (χ3v) is 5.67. The van der Waals surface area contributed by atoms with Crippen LogP contribution in [0.15, 0.2) is 60.7 Å². The number of carbonyl (C=O) groups excluding carboxylic acids is 1. The van der Waals surface area contributed by atoms with E-state index in [0.717, 1.165) is 12.6 Å². The van der Waals surface area contributed by atoms with Crippen molar-refractivity contribution in [2.75, 3.05) is 6.16 Å². The number of hydrogen-bond acceptors (Lipinski definition) is 1. The molecule has 0 radical (unpaired) electrons. The van der Waals surface area contributed by atoms with Crippen molar-refractivity contribution >= 4 is 24.8 Å². The first-order valence-electron chi connectivity index (χ1n) is 6.56. The van der Waals surface area contributed by atoms with Gasteiger partial charge in [0, 0.05) is 0 Å². The van der Waals surface area contributed by atoms with Crippen LogP contribution in [0.2, 0.25) is 0 Å². The van der Waals surface area contributed by atoms with Gasteiger partial charge in [-0.3, -0.25) is 6.29 Å². The van der Waals surface area contributed by atoms with E-state index in [9.17, 15) is 4.79 Å². The van der Waals surface area contributed by atoms with Gasteiger partial charge in [0.25, 0.3) is 0 Å².